The van der Waals surface area contributed by atoms with Crippen LogP contribution in [-0.2, 0) is 11.3 Å². The predicted octanol–water partition coefficient (Wildman–Crippen LogP) is 3.80. The van der Waals surface area contributed by atoms with Crippen LogP contribution in [0.4, 0.5) is 17.1 Å². The number of hydrogen-bond donors (Lipinski definition) is 2. The van der Waals surface area contributed by atoms with E-state index in [1.165, 1.54) is 6.07 Å². The molecule has 0 unspecified atom stereocenters. The Morgan fingerprint density at radius 2 is 1.91 bits per heavy atom. The molecule has 1 amide bonds. The monoisotopic (exact) mass is 313 g/mol. The number of nitrogens with zero attached hydrogens (tertiary/aromatic N) is 1. The van der Waals surface area contributed by atoms with Crippen molar-refractivity contribution in [2.45, 2.75) is 20.4 Å². The van der Waals surface area contributed by atoms with Gasteiger partial charge in [-0.2, -0.15) is 0 Å². The van der Waals surface area contributed by atoms with Gasteiger partial charge in [0.2, 0.25) is 5.91 Å². The molecule has 0 saturated heterocycles. The van der Waals surface area contributed by atoms with Gasteiger partial charge in [-0.1, -0.05) is 38.1 Å². The average molecular weight is 313 g/mol. The lowest BCUT2D eigenvalue weighted by molar-refractivity contribution is -0.384. The summed E-state index contributed by atoms with van der Waals surface area (Å²) in [6, 6.07) is 13.9. The van der Waals surface area contributed by atoms with E-state index < -0.39 is 4.92 Å². The van der Waals surface area contributed by atoms with Crippen LogP contribution in [0.1, 0.15) is 19.4 Å². The van der Waals surface area contributed by atoms with Gasteiger partial charge in [0.15, 0.2) is 0 Å². The summed E-state index contributed by atoms with van der Waals surface area (Å²) in [5.74, 6) is -0.141. The molecule has 2 aromatic carbocycles. The van der Waals surface area contributed by atoms with Crippen molar-refractivity contribution >= 4 is 23.0 Å². The van der Waals surface area contributed by atoms with E-state index in [1.807, 2.05) is 38.1 Å². The summed E-state index contributed by atoms with van der Waals surface area (Å²) in [6.07, 6.45) is 0. The number of benzene rings is 2. The van der Waals surface area contributed by atoms with E-state index in [4.69, 9.17) is 0 Å². The lowest BCUT2D eigenvalue weighted by Gasteiger charge is -2.10. The van der Waals surface area contributed by atoms with Gasteiger partial charge in [-0.15, -0.1) is 0 Å². The molecule has 2 aromatic rings. The third-order valence-electron chi connectivity index (χ3n) is 3.30. The number of nitro groups is 1. The van der Waals surface area contributed by atoms with E-state index in [1.54, 1.807) is 18.2 Å². The summed E-state index contributed by atoms with van der Waals surface area (Å²) in [7, 11) is 0. The molecule has 120 valence electrons. The number of nitro benzene ring substituents is 1. The van der Waals surface area contributed by atoms with Crippen molar-refractivity contribution in [1.29, 1.82) is 0 Å². The van der Waals surface area contributed by atoms with Gasteiger partial charge in [0.05, 0.1) is 4.92 Å². The van der Waals surface area contributed by atoms with Crippen LogP contribution >= 0.6 is 0 Å². The van der Waals surface area contributed by atoms with Crippen LogP contribution in [0.5, 0.6) is 0 Å². The van der Waals surface area contributed by atoms with Gasteiger partial charge in [0, 0.05) is 24.2 Å². The number of amides is 1. The fraction of sp³-hybridized carbons (Fsp3) is 0.235. The van der Waals surface area contributed by atoms with E-state index in [2.05, 4.69) is 10.6 Å². The fourth-order valence-corrected chi connectivity index (χ4v) is 2.03. The second-order valence-electron chi connectivity index (χ2n) is 5.47. The summed E-state index contributed by atoms with van der Waals surface area (Å²) < 4.78 is 0. The third-order valence-corrected chi connectivity index (χ3v) is 3.30. The molecule has 0 spiro atoms. The molecule has 0 bridgehead atoms. The average Bonchev–Trinajstić information content (AvgIpc) is 2.53. The van der Waals surface area contributed by atoms with E-state index >= 15 is 0 Å². The second kappa shape index (κ2) is 7.40. The number of anilines is 2. The third kappa shape index (κ3) is 4.54. The largest absolute Gasteiger partial charge is 0.375 e. The Hall–Kier alpha value is -2.89. The molecule has 2 N–H and O–H groups in total. The predicted molar refractivity (Wildman–Crippen MR) is 90.3 cm³/mol. The number of rotatable bonds is 6. The Morgan fingerprint density at radius 3 is 2.61 bits per heavy atom. The molecule has 23 heavy (non-hydrogen) atoms. The molecule has 6 nitrogen and oxygen atoms in total. The molecule has 0 aliphatic carbocycles. The molecule has 0 heterocycles. The Balaban J connectivity index is 2.07. The van der Waals surface area contributed by atoms with Gasteiger partial charge in [0.25, 0.3) is 5.69 Å². The maximum Gasteiger partial charge on any atom is 0.292 e. The molecule has 0 aromatic heterocycles. The van der Waals surface area contributed by atoms with Crippen LogP contribution in [0, 0.1) is 16.0 Å². The van der Waals surface area contributed by atoms with E-state index in [-0.39, 0.29) is 17.5 Å². The fourth-order valence-electron chi connectivity index (χ4n) is 2.03. The van der Waals surface area contributed by atoms with Crippen LogP contribution in [0.3, 0.4) is 0 Å². The molecule has 0 atom stereocenters. The van der Waals surface area contributed by atoms with Crippen molar-refractivity contribution in [3.8, 4) is 0 Å². The topological polar surface area (TPSA) is 84.3 Å². The van der Waals surface area contributed by atoms with Crippen molar-refractivity contribution in [1.82, 2.24) is 0 Å². The number of para-hydroxylation sites is 2. The van der Waals surface area contributed by atoms with Crippen LogP contribution in [-0.4, -0.2) is 10.8 Å². The van der Waals surface area contributed by atoms with Crippen LogP contribution < -0.4 is 10.6 Å². The van der Waals surface area contributed by atoms with Crippen LogP contribution in [0.15, 0.2) is 48.5 Å². The minimum Gasteiger partial charge on any atom is -0.375 e. The van der Waals surface area contributed by atoms with Crippen LogP contribution in [0.25, 0.3) is 0 Å². The summed E-state index contributed by atoms with van der Waals surface area (Å²) >= 11 is 0. The van der Waals surface area contributed by atoms with Gasteiger partial charge in [0.1, 0.15) is 5.69 Å². The second-order valence-corrected chi connectivity index (χ2v) is 5.47. The lowest BCUT2D eigenvalue weighted by Crippen LogP contribution is -2.17. The van der Waals surface area contributed by atoms with Crippen molar-refractivity contribution in [2.75, 3.05) is 10.6 Å². The highest BCUT2D eigenvalue weighted by atomic mass is 16.6. The molecule has 2 rings (SSSR count). The Morgan fingerprint density at radius 1 is 1.17 bits per heavy atom. The first-order valence-corrected chi connectivity index (χ1v) is 7.34. The number of hydrogen-bond acceptors (Lipinski definition) is 4. The highest BCUT2D eigenvalue weighted by Crippen LogP contribution is 2.24. The van der Waals surface area contributed by atoms with Crippen molar-refractivity contribution in [3.05, 3.63) is 64.2 Å². The zero-order chi connectivity index (χ0) is 16.8. The zero-order valence-corrected chi connectivity index (χ0v) is 13.1. The van der Waals surface area contributed by atoms with Crippen molar-refractivity contribution in [3.63, 3.8) is 0 Å². The minimum atomic E-state index is -0.415. The first-order chi connectivity index (χ1) is 11.0. The quantitative estimate of drug-likeness (QED) is 0.627. The highest BCUT2D eigenvalue weighted by molar-refractivity contribution is 5.92. The number of nitrogens with one attached hydrogen (secondary N) is 2. The lowest BCUT2D eigenvalue weighted by atomic mass is 10.1. The van der Waals surface area contributed by atoms with Gasteiger partial charge in [-0.3, -0.25) is 14.9 Å². The SMILES string of the molecule is CC(C)C(=O)Nc1cccc(CNc2ccccc2[N+](=O)[O-])c1. The van der Waals surface area contributed by atoms with E-state index in [0.717, 1.165) is 5.56 Å². The van der Waals surface area contributed by atoms with Gasteiger partial charge >= 0.3 is 0 Å². The number of carbonyl (C=O) groups is 1. The normalized spacial score (nSPS) is 10.4. The smallest absolute Gasteiger partial charge is 0.292 e. The van der Waals surface area contributed by atoms with Crippen molar-refractivity contribution in [2.24, 2.45) is 5.92 Å². The summed E-state index contributed by atoms with van der Waals surface area (Å²) in [5, 5.41) is 16.9. The van der Waals surface area contributed by atoms with Crippen molar-refractivity contribution < 1.29 is 9.72 Å². The van der Waals surface area contributed by atoms with Gasteiger partial charge in [-0.05, 0) is 23.8 Å². The standard InChI is InChI=1S/C17H19N3O3/c1-12(2)17(21)19-14-7-5-6-13(10-14)11-18-15-8-3-4-9-16(15)20(22)23/h3-10,12,18H,11H2,1-2H3,(H,19,21). The van der Waals surface area contributed by atoms with Gasteiger partial charge < -0.3 is 10.6 Å². The minimum absolute atomic E-state index is 0.0387. The van der Waals surface area contributed by atoms with Crippen LogP contribution in [0.2, 0.25) is 0 Å². The maximum atomic E-state index is 11.7. The first kappa shape index (κ1) is 16.5. The van der Waals surface area contributed by atoms with Gasteiger partial charge in [-0.25, -0.2) is 0 Å². The highest BCUT2D eigenvalue weighted by Gasteiger charge is 2.12. The van der Waals surface area contributed by atoms with E-state index in [0.29, 0.717) is 17.9 Å². The molecule has 0 saturated carbocycles. The Bertz CT molecular complexity index is 714. The molecule has 0 aliphatic rings. The zero-order valence-electron chi connectivity index (χ0n) is 13.1. The molecular weight excluding hydrogens is 294 g/mol. The van der Waals surface area contributed by atoms with E-state index in [9.17, 15) is 14.9 Å². The summed E-state index contributed by atoms with van der Waals surface area (Å²) in [4.78, 5) is 22.3. The summed E-state index contributed by atoms with van der Waals surface area (Å²) in [6.45, 7) is 4.08. The molecule has 0 fully saturated rings. The Kier molecular flexibility index (Phi) is 5.30. The first-order valence-electron chi connectivity index (χ1n) is 7.34. The molecule has 6 heteroatoms. The molecule has 0 aliphatic heterocycles. The summed E-state index contributed by atoms with van der Waals surface area (Å²) in [5.41, 5.74) is 2.14. The number of carbonyl (C=O) groups excluding carboxylic acids is 1. The maximum absolute atomic E-state index is 11.7. The Labute approximate surface area is 134 Å². The molecule has 0 radical (unpaired) electrons. The molecular formula is C17H19N3O3.